The molecular weight excluding hydrogens is 396 g/mol. The maximum atomic E-state index is 12.4. The van der Waals surface area contributed by atoms with E-state index in [0.717, 1.165) is 29.8 Å². The zero-order valence-electron chi connectivity index (χ0n) is 17.3. The highest BCUT2D eigenvalue weighted by Gasteiger charge is 2.14. The summed E-state index contributed by atoms with van der Waals surface area (Å²) in [7, 11) is 0. The molecule has 1 aliphatic rings. The minimum atomic E-state index is -0.284. The number of anilines is 3. The van der Waals surface area contributed by atoms with E-state index in [1.54, 1.807) is 24.3 Å². The number of pyridine rings is 1. The van der Waals surface area contributed by atoms with Crippen molar-refractivity contribution in [3.63, 3.8) is 0 Å². The number of fused-ring (bicyclic) bond motifs is 1. The lowest BCUT2D eigenvalue weighted by Gasteiger charge is -2.28. The molecule has 0 spiro atoms. The van der Waals surface area contributed by atoms with Crippen LogP contribution < -0.4 is 20.3 Å². The number of nitrogens with zero attached hydrogens (tertiary/aromatic N) is 2. The third kappa shape index (κ3) is 5.29. The zero-order valence-corrected chi connectivity index (χ0v) is 17.3. The first-order valence-electron chi connectivity index (χ1n) is 10.1. The van der Waals surface area contributed by atoms with Crippen LogP contribution in [-0.2, 0) is 14.3 Å². The Hall–Kier alpha value is -3.65. The van der Waals surface area contributed by atoms with Gasteiger partial charge in [-0.05, 0) is 42.5 Å². The van der Waals surface area contributed by atoms with Crippen LogP contribution in [0.1, 0.15) is 6.92 Å². The van der Waals surface area contributed by atoms with Gasteiger partial charge in [-0.2, -0.15) is 0 Å². The summed E-state index contributed by atoms with van der Waals surface area (Å²) in [6.45, 7) is 4.26. The van der Waals surface area contributed by atoms with E-state index in [1.807, 2.05) is 30.3 Å². The lowest BCUT2D eigenvalue weighted by Crippen LogP contribution is -2.36. The lowest BCUT2D eigenvalue weighted by molar-refractivity contribution is -0.118. The van der Waals surface area contributed by atoms with Gasteiger partial charge in [-0.1, -0.05) is 12.1 Å². The second kappa shape index (κ2) is 9.44. The average Bonchev–Trinajstić information content (AvgIpc) is 2.79. The fraction of sp³-hybridized carbons (Fsp3) is 0.261. The second-order valence-corrected chi connectivity index (χ2v) is 7.19. The number of nitrogens with one attached hydrogen (secondary N) is 2. The van der Waals surface area contributed by atoms with Gasteiger partial charge in [0.15, 0.2) is 6.61 Å². The van der Waals surface area contributed by atoms with Gasteiger partial charge in [-0.15, -0.1) is 0 Å². The predicted octanol–water partition coefficient (Wildman–Crippen LogP) is 3.05. The number of hydrogen-bond donors (Lipinski definition) is 2. The molecule has 1 fully saturated rings. The van der Waals surface area contributed by atoms with E-state index in [9.17, 15) is 9.59 Å². The highest BCUT2D eigenvalue weighted by atomic mass is 16.5. The van der Waals surface area contributed by atoms with Crippen LogP contribution in [0.3, 0.4) is 0 Å². The zero-order chi connectivity index (χ0) is 21.6. The van der Waals surface area contributed by atoms with Crippen molar-refractivity contribution in [2.45, 2.75) is 6.92 Å². The van der Waals surface area contributed by atoms with Crippen LogP contribution in [0, 0.1) is 0 Å². The summed E-state index contributed by atoms with van der Waals surface area (Å²) in [6, 6.07) is 16.6. The molecule has 1 aromatic heterocycles. The van der Waals surface area contributed by atoms with Gasteiger partial charge in [0.1, 0.15) is 17.1 Å². The number of rotatable bonds is 6. The number of carbonyl (C=O) groups excluding carboxylic acids is 2. The Morgan fingerprint density at radius 3 is 2.42 bits per heavy atom. The molecule has 0 atom stereocenters. The normalized spacial score (nSPS) is 13.6. The Morgan fingerprint density at radius 1 is 1.00 bits per heavy atom. The first-order chi connectivity index (χ1) is 15.1. The largest absolute Gasteiger partial charge is 0.481 e. The highest BCUT2D eigenvalue weighted by Crippen LogP contribution is 2.27. The molecule has 2 aromatic carbocycles. The molecule has 0 aliphatic carbocycles. The van der Waals surface area contributed by atoms with Crippen molar-refractivity contribution in [3.05, 3.63) is 54.6 Å². The van der Waals surface area contributed by atoms with Crippen molar-refractivity contribution < 1.29 is 19.1 Å². The van der Waals surface area contributed by atoms with Crippen LogP contribution in [0.25, 0.3) is 10.9 Å². The maximum Gasteiger partial charge on any atom is 0.262 e. The Bertz CT molecular complexity index is 1080. The molecule has 2 amide bonds. The Labute approximate surface area is 180 Å². The summed E-state index contributed by atoms with van der Waals surface area (Å²) in [4.78, 5) is 30.4. The lowest BCUT2D eigenvalue weighted by atomic mass is 10.2. The van der Waals surface area contributed by atoms with Gasteiger partial charge >= 0.3 is 0 Å². The molecular formula is C23H24N4O4. The molecule has 1 saturated heterocycles. The van der Waals surface area contributed by atoms with Gasteiger partial charge in [0, 0.05) is 36.8 Å². The molecule has 0 unspecified atom stereocenters. The molecule has 2 heterocycles. The van der Waals surface area contributed by atoms with Gasteiger partial charge in [0.05, 0.1) is 13.2 Å². The topological polar surface area (TPSA) is 92.8 Å². The van der Waals surface area contributed by atoms with Crippen LogP contribution in [0.4, 0.5) is 17.2 Å². The number of para-hydroxylation sites is 1. The molecule has 8 nitrogen and oxygen atoms in total. The van der Waals surface area contributed by atoms with Crippen molar-refractivity contribution >= 4 is 39.9 Å². The van der Waals surface area contributed by atoms with Crippen LogP contribution in [0.15, 0.2) is 54.6 Å². The Morgan fingerprint density at radius 2 is 1.71 bits per heavy atom. The molecule has 0 bridgehead atoms. The third-order valence-electron chi connectivity index (χ3n) is 4.85. The van der Waals surface area contributed by atoms with Gasteiger partial charge < -0.3 is 25.0 Å². The Kier molecular flexibility index (Phi) is 6.28. The van der Waals surface area contributed by atoms with E-state index in [0.29, 0.717) is 30.3 Å². The Balaban J connectivity index is 1.42. The molecule has 4 rings (SSSR count). The van der Waals surface area contributed by atoms with Crippen LogP contribution in [-0.4, -0.2) is 49.7 Å². The average molecular weight is 420 g/mol. The maximum absolute atomic E-state index is 12.4. The molecule has 0 radical (unpaired) electrons. The number of amides is 2. The SMILES string of the molecule is CC(=O)Nc1ccc(NC(=O)COc2cccc3ccc(N4CCOCC4)nc23)cc1. The fourth-order valence-corrected chi connectivity index (χ4v) is 3.38. The molecule has 8 heteroatoms. The number of benzene rings is 2. The highest BCUT2D eigenvalue weighted by molar-refractivity contribution is 5.93. The minimum Gasteiger partial charge on any atom is -0.481 e. The predicted molar refractivity (Wildman–Crippen MR) is 120 cm³/mol. The van der Waals surface area contributed by atoms with Crippen LogP contribution >= 0.6 is 0 Å². The number of aromatic nitrogens is 1. The molecule has 31 heavy (non-hydrogen) atoms. The van der Waals surface area contributed by atoms with E-state index >= 15 is 0 Å². The molecule has 160 valence electrons. The molecule has 1 aliphatic heterocycles. The summed E-state index contributed by atoms with van der Waals surface area (Å²) in [6.07, 6.45) is 0. The smallest absolute Gasteiger partial charge is 0.262 e. The van der Waals surface area contributed by atoms with Gasteiger partial charge in [-0.25, -0.2) is 4.98 Å². The van der Waals surface area contributed by atoms with E-state index in [2.05, 4.69) is 15.5 Å². The van der Waals surface area contributed by atoms with E-state index in [4.69, 9.17) is 14.5 Å². The van der Waals surface area contributed by atoms with Gasteiger partial charge in [0.25, 0.3) is 5.91 Å². The van der Waals surface area contributed by atoms with E-state index < -0.39 is 0 Å². The van der Waals surface area contributed by atoms with E-state index in [-0.39, 0.29) is 18.4 Å². The summed E-state index contributed by atoms with van der Waals surface area (Å²) in [5.74, 6) is 0.999. The summed E-state index contributed by atoms with van der Waals surface area (Å²) in [5.41, 5.74) is 2.01. The van der Waals surface area contributed by atoms with Crippen LogP contribution in [0.2, 0.25) is 0 Å². The first kappa shape index (κ1) is 20.6. The van der Waals surface area contributed by atoms with E-state index in [1.165, 1.54) is 6.92 Å². The van der Waals surface area contributed by atoms with Crippen molar-refractivity contribution in [1.82, 2.24) is 4.98 Å². The third-order valence-corrected chi connectivity index (χ3v) is 4.85. The molecule has 0 saturated carbocycles. The van der Waals surface area contributed by atoms with Crippen molar-refractivity contribution in [2.24, 2.45) is 0 Å². The minimum absolute atomic E-state index is 0.143. The number of morpholine rings is 1. The second-order valence-electron chi connectivity index (χ2n) is 7.19. The van der Waals surface area contributed by atoms with Crippen molar-refractivity contribution in [3.8, 4) is 5.75 Å². The summed E-state index contributed by atoms with van der Waals surface area (Å²) in [5, 5.41) is 6.42. The monoisotopic (exact) mass is 420 g/mol. The summed E-state index contributed by atoms with van der Waals surface area (Å²) >= 11 is 0. The van der Waals surface area contributed by atoms with Crippen molar-refractivity contribution in [2.75, 3.05) is 48.4 Å². The summed E-state index contributed by atoms with van der Waals surface area (Å²) < 4.78 is 11.2. The van der Waals surface area contributed by atoms with Crippen molar-refractivity contribution in [1.29, 1.82) is 0 Å². The van der Waals surface area contributed by atoms with Gasteiger partial charge in [0.2, 0.25) is 5.91 Å². The number of hydrogen-bond acceptors (Lipinski definition) is 6. The molecule has 3 aromatic rings. The van der Waals surface area contributed by atoms with Gasteiger partial charge in [-0.3, -0.25) is 9.59 Å². The molecule has 2 N–H and O–H groups in total. The first-order valence-corrected chi connectivity index (χ1v) is 10.1. The fourth-order valence-electron chi connectivity index (χ4n) is 3.38. The number of ether oxygens (including phenoxy) is 2. The van der Waals surface area contributed by atoms with Crippen LogP contribution in [0.5, 0.6) is 5.75 Å². The number of carbonyl (C=O) groups is 2. The quantitative estimate of drug-likeness (QED) is 0.637. The standard InChI is InChI=1S/C23H24N4O4/c1-16(28)24-18-6-8-19(9-7-18)25-22(29)15-31-20-4-2-3-17-5-10-21(26-23(17)20)27-11-13-30-14-12-27/h2-10H,11-15H2,1H3,(H,24,28)(H,25,29).